The number of rotatable bonds is 4. The summed E-state index contributed by atoms with van der Waals surface area (Å²) in [6, 6.07) is 15.6. The van der Waals surface area contributed by atoms with E-state index in [9.17, 15) is 22.0 Å². The molecule has 0 saturated heterocycles. The number of anilines is 2. The minimum atomic E-state index is -3.87. The average molecular weight is 414 g/mol. The van der Waals surface area contributed by atoms with Crippen LogP contribution >= 0.6 is 0 Å². The first kappa shape index (κ1) is 19.1. The Hall–Kier alpha value is -3.26. The van der Waals surface area contributed by atoms with Crippen LogP contribution in [0.2, 0.25) is 0 Å². The number of hydrogen-bond donors (Lipinski definition) is 1. The second-order valence-electron chi connectivity index (χ2n) is 6.56. The number of benzene rings is 3. The molecule has 4 rings (SSSR count). The standard InChI is InChI=1S/C21H16F2N2O3S/c22-16-8-9-19(18(23)13-16)24-21(26)15-5-3-6-17(12-15)29(27,28)25-11-10-14-4-1-2-7-20(14)25/h1-9,12-13H,10-11H2,(H,24,26). The summed E-state index contributed by atoms with van der Waals surface area (Å²) in [5, 5.41) is 2.33. The van der Waals surface area contributed by atoms with Crippen molar-refractivity contribution >= 4 is 27.3 Å². The number of nitrogens with zero attached hydrogens (tertiary/aromatic N) is 1. The highest BCUT2D eigenvalue weighted by atomic mass is 32.2. The van der Waals surface area contributed by atoms with Crippen molar-refractivity contribution in [1.82, 2.24) is 0 Å². The molecule has 0 saturated carbocycles. The number of amides is 1. The van der Waals surface area contributed by atoms with Crippen molar-refractivity contribution in [1.29, 1.82) is 0 Å². The summed E-state index contributed by atoms with van der Waals surface area (Å²) in [6.45, 7) is 0.318. The third-order valence-corrected chi connectivity index (χ3v) is 6.52. The summed E-state index contributed by atoms with van der Waals surface area (Å²) in [7, 11) is -3.87. The summed E-state index contributed by atoms with van der Waals surface area (Å²) in [6.07, 6.45) is 0.611. The van der Waals surface area contributed by atoms with Crippen molar-refractivity contribution in [2.24, 2.45) is 0 Å². The Morgan fingerprint density at radius 2 is 1.76 bits per heavy atom. The lowest BCUT2D eigenvalue weighted by Gasteiger charge is -2.20. The first-order valence-corrected chi connectivity index (χ1v) is 10.3. The summed E-state index contributed by atoms with van der Waals surface area (Å²) in [5.74, 6) is -2.38. The number of fused-ring (bicyclic) bond motifs is 1. The van der Waals surface area contributed by atoms with E-state index in [4.69, 9.17) is 0 Å². The lowest BCUT2D eigenvalue weighted by Crippen LogP contribution is -2.29. The Balaban J connectivity index is 1.62. The predicted octanol–water partition coefficient (Wildman–Crippen LogP) is 3.97. The number of sulfonamides is 1. The van der Waals surface area contributed by atoms with Crippen LogP contribution in [0.4, 0.5) is 20.2 Å². The molecule has 0 spiro atoms. The van der Waals surface area contributed by atoms with Crippen LogP contribution < -0.4 is 9.62 Å². The van der Waals surface area contributed by atoms with E-state index in [1.54, 1.807) is 12.1 Å². The maximum atomic E-state index is 13.8. The zero-order valence-corrected chi connectivity index (χ0v) is 15.9. The number of carbonyl (C=O) groups is 1. The highest BCUT2D eigenvalue weighted by Gasteiger charge is 2.31. The van der Waals surface area contributed by atoms with Gasteiger partial charge >= 0.3 is 0 Å². The molecule has 0 bridgehead atoms. The van der Waals surface area contributed by atoms with Crippen molar-refractivity contribution in [3.63, 3.8) is 0 Å². The number of halogens is 2. The summed E-state index contributed by atoms with van der Waals surface area (Å²) in [4.78, 5) is 12.4. The van der Waals surface area contributed by atoms with Gasteiger partial charge in [-0.25, -0.2) is 17.2 Å². The predicted molar refractivity (Wildman–Crippen MR) is 105 cm³/mol. The third kappa shape index (κ3) is 3.58. The van der Waals surface area contributed by atoms with E-state index < -0.39 is 27.6 Å². The van der Waals surface area contributed by atoms with Gasteiger partial charge in [-0.2, -0.15) is 0 Å². The van der Waals surface area contributed by atoms with Crippen LogP contribution in [0, 0.1) is 11.6 Å². The molecule has 1 heterocycles. The van der Waals surface area contributed by atoms with Gasteiger partial charge in [-0.1, -0.05) is 24.3 Å². The van der Waals surface area contributed by atoms with Gasteiger partial charge in [-0.05, 0) is 48.4 Å². The Morgan fingerprint density at radius 1 is 0.966 bits per heavy atom. The van der Waals surface area contributed by atoms with E-state index in [1.165, 1.54) is 28.6 Å². The van der Waals surface area contributed by atoms with Gasteiger partial charge in [0.05, 0.1) is 16.3 Å². The van der Waals surface area contributed by atoms with Gasteiger partial charge in [0.2, 0.25) is 0 Å². The maximum absolute atomic E-state index is 13.8. The van der Waals surface area contributed by atoms with E-state index in [0.29, 0.717) is 24.7 Å². The molecule has 8 heteroatoms. The van der Waals surface area contributed by atoms with E-state index in [-0.39, 0.29) is 16.1 Å². The van der Waals surface area contributed by atoms with Gasteiger partial charge in [-0.3, -0.25) is 9.10 Å². The Morgan fingerprint density at radius 3 is 2.55 bits per heavy atom. The van der Waals surface area contributed by atoms with Crippen molar-refractivity contribution in [3.8, 4) is 0 Å². The number of hydrogen-bond acceptors (Lipinski definition) is 3. The fraction of sp³-hybridized carbons (Fsp3) is 0.0952. The normalized spacial score (nSPS) is 13.2. The van der Waals surface area contributed by atoms with Crippen LogP contribution in [0.5, 0.6) is 0 Å². The topological polar surface area (TPSA) is 66.5 Å². The average Bonchev–Trinajstić information content (AvgIpc) is 3.15. The van der Waals surface area contributed by atoms with E-state index in [1.807, 2.05) is 12.1 Å². The number of para-hydroxylation sites is 1. The molecule has 3 aromatic carbocycles. The largest absolute Gasteiger partial charge is 0.319 e. The van der Waals surface area contributed by atoms with E-state index in [0.717, 1.165) is 17.7 Å². The van der Waals surface area contributed by atoms with Crippen molar-refractivity contribution < 1.29 is 22.0 Å². The second-order valence-corrected chi connectivity index (χ2v) is 8.42. The third-order valence-electron chi connectivity index (χ3n) is 4.71. The van der Waals surface area contributed by atoms with Gasteiger partial charge in [0.25, 0.3) is 15.9 Å². The minimum absolute atomic E-state index is 0.0403. The van der Waals surface area contributed by atoms with Crippen molar-refractivity contribution in [3.05, 3.63) is 89.5 Å². The molecular formula is C21H16F2N2O3S. The van der Waals surface area contributed by atoms with Crippen LogP contribution in [0.25, 0.3) is 0 Å². The Labute approximate surface area is 166 Å². The van der Waals surface area contributed by atoms with E-state index >= 15 is 0 Å². The van der Waals surface area contributed by atoms with Crippen LogP contribution in [0.15, 0.2) is 71.6 Å². The Bertz CT molecular complexity index is 1210. The highest BCUT2D eigenvalue weighted by molar-refractivity contribution is 7.92. The minimum Gasteiger partial charge on any atom is -0.319 e. The number of nitrogens with one attached hydrogen (secondary N) is 1. The quantitative estimate of drug-likeness (QED) is 0.703. The van der Waals surface area contributed by atoms with Gasteiger partial charge < -0.3 is 5.32 Å². The van der Waals surface area contributed by atoms with E-state index in [2.05, 4.69) is 5.32 Å². The maximum Gasteiger partial charge on any atom is 0.264 e. The molecule has 1 N–H and O–H groups in total. The summed E-state index contributed by atoms with van der Waals surface area (Å²) < 4.78 is 54.4. The fourth-order valence-electron chi connectivity index (χ4n) is 3.27. The number of carbonyl (C=O) groups excluding carboxylic acids is 1. The molecule has 148 valence electrons. The first-order valence-electron chi connectivity index (χ1n) is 8.83. The molecule has 3 aromatic rings. The molecule has 0 fully saturated rings. The molecule has 1 aliphatic heterocycles. The lowest BCUT2D eigenvalue weighted by molar-refractivity contribution is 0.102. The SMILES string of the molecule is O=C(Nc1ccc(F)cc1F)c1cccc(S(=O)(=O)N2CCc3ccccc32)c1. The molecule has 0 unspecified atom stereocenters. The highest BCUT2D eigenvalue weighted by Crippen LogP contribution is 2.32. The van der Waals surface area contributed by atoms with Crippen LogP contribution in [0.1, 0.15) is 15.9 Å². The molecule has 1 aliphatic rings. The monoisotopic (exact) mass is 414 g/mol. The Kier molecular flexibility index (Phi) is 4.79. The van der Waals surface area contributed by atoms with Gasteiger partial charge in [-0.15, -0.1) is 0 Å². The van der Waals surface area contributed by atoms with Gasteiger partial charge in [0.1, 0.15) is 11.6 Å². The van der Waals surface area contributed by atoms with Gasteiger partial charge in [0, 0.05) is 18.2 Å². The second kappa shape index (κ2) is 7.29. The van der Waals surface area contributed by atoms with Gasteiger partial charge in [0.15, 0.2) is 0 Å². The molecule has 0 radical (unpaired) electrons. The molecule has 0 atom stereocenters. The van der Waals surface area contributed by atoms with Crippen LogP contribution in [0.3, 0.4) is 0 Å². The molecule has 5 nitrogen and oxygen atoms in total. The molecule has 0 aromatic heterocycles. The first-order chi connectivity index (χ1) is 13.9. The van der Waals surface area contributed by atoms with Crippen LogP contribution in [-0.2, 0) is 16.4 Å². The zero-order chi connectivity index (χ0) is 20.6. The van der Waals surface area contributed by atoms with Crippen molar-refractivity contribution in [2.45, 2.75) is 11.3 Å². The molecule has 0 aliphatic carbocycles. The molecule has 1 amide bonds. The van der Waals surface area contributed by atoms with Crippen LogP contribution in [-0.4, -0.2) is 20.9 Å². The summed E-state index contributed by atoms with van der Waals surface area (Å²) in [5.41, 5.74) is 1.41. The zero-order valence-electron chi connectivity index (χ0n) is 15.1. The smallest absolute Gasteiger partial charge is 0.264 e. The molecular weight excluding hydrogens is 398 g/mol. The fourth-order valence-corrected chi connectivity index (χ4v) is 4.82. The van der Waals surface area contributed by atoms with Crippen molar-refractivity contribution in [2.75, 3.05) is 16.2 Å². The molecule has 29 heavy (non-hydrogen) atoms. The summed E-state index contributed by atoms with van der Waals surface area (Å²) >= 11 is 0. The lowest BCUT2D eigenvalue weighted by atomic mass is 10.2.